The van der Waals surface area contributed by atoms with Crippen molar-refractivity contribution in [2.24, 2.45) is 0 Å². The maximum absolute atomic E-state index is 11.6. The molecule has 0 aromatic rings. The van der Waals surface area contributed by atoms with E-state index in [0.717, 1.165) is 25.7 Å². The monoisotopic (exact) mass is 215 g/mol. The molecule has 1 unspecified atom stereocenters. The first kappa shape index (κ1) is 14.4. The Labute approximate surface area is 93.6 Å². The van der Waals surface area contributed by atoms with Crippen molar-refractivity contribution in [1.29, 1.82) is 0 Å². The summed E-state index contributed by atoms with van der Waals surface area (Å²) in [6.07, 6.45) is 3.74. The molecule has 15 heavy (non-hydrogen) atoms. The van der Waals surface area contributed by atoms with E-state index in [2.05, 4.69) is 26.1 Å². The maximum atomic E-state index is 11.6. The molecular formula is C12H25NO2. The van der Waals surface area contributed by atoms with Gasteiger partial charge in [0.1, 0.15) is 6.10 Å². The fourth-order valence-corrected chi connectivity index (χ4v) is 1.29. The molecule has 3 nitrogen and oxygen atoms in total. The van der Waals surface area contributed by atoms with E-state index < -0.39 is 0 Å². The lowest BCUT2D eigenvalue weighted by molar-refractivity contribution is -0.132. The summed E-state index contributed by atoms with van der Waals surface area (Å²) in [5.74, 6) is 0.0137. The molecule has 1 atom stereocenters. The van der Waals surface area contributed by atoms with Crippen LogP contribution in [0, 0.1) is 0 Å². The topological polar surface area (TPSA) is 38.3 Å². The third-order valence-electron chi connectivity index (χ3n) is 2.57. The zero-order valence-electron chi connectivity index (χ0n) is 10.5. The maximum Gasteiger partial charge on any atom is 0.249 e. The molecule has 0 aliphatic heterocycles. The summed E-state index contributed by atoms with van der Waals surface area (Å²) in [5.41, 5.74) is 0. The minimum Gasteiger partial charge on any atom is -0.369 e. The Morgan fingerprint density at radius 2 is 1.87 bits per heavy atom. The second kappa shape index (κ2) is 8.72. The van der Waals surface area contributed by atoms with Gasteiger partial charge in [-0.15, -0.1) is 0 Å². The van der Waals surface area contributed by atoms with Crippen LogP contribution in [0.2, 0.25) is 0 Å². The van der Waals surface area contributed by atoms with Gasteiger partial charge in [0.15, 0.2) is 0 Å². The summed E-state index contributed by atoms with van der Waals surface area (Å²) < 4.78 is 5.42. The Bertz CT molecular complexity index is 167. The standard InChI is InChI=1S/C12H25NO2/c1-5-8-9-15-10(4)12(14)13-11(6-2)7-3/h10-11H,5-9H2,1-4H3,(H,13,14). The van der Waals surface area contributed by atoms with Gasteiger partial charge in [0.2, 0.25) is 5.91 Å². The Kier molecular flexibility index (Phi) is 8.38. The van der Waals surface area contributed by atoms with Crippen molar-refractivity contribution in [2.75, 3.05) is 6.61 Å². The number of carbonyl (C=O) groups excluding carboxylic acids is 1. The number of amides is 1. The average Bonchev–Trinajstić information content (AvgIpc) is 2.25. The molecule has 0 saturated carbocycles. The summed E-state index contributed by atoms with van der Waals surface area (Å²) >= 11 is 0. The van der Waals surface area contributed by atoms with Gasteiger partial charge >= 0.3 is 0 Å². The number of rotatable bonds is 8. The lowest BCUT2D eigenvalue weighted by Gasteiger charge is -2.18. The van der Waals surface area contributed by atoms with Gasteiger partial charge in [-0.25, -0.2) is 0 Å². The molecule has 1 amide bonds. The van der Waals surface area contributed by atoms with Crippen LogP contribution in [0.3, 0.4) is 0 Å². The van der Waals surface area contributed by atoms with Gasteiger partial charge in [-0.3, -0.25) is 4.79 Å². The van der Waals surface area contributed by atoms with Crippen molar-refractivity contribution >= 4 is 5.91 Å². The number of hydrogen-bond acceptors (Lipinski definition) is 2. The molecule has 0 radical (unpaired) electrons. The van der Waals surface area contributed by atoms with Gasteiger partial charge in [-0.1, -0.05) is 27.2 Å². The summed E-state index contributed by atoms with van der Waals surface area (Å²) in [6, 6.07) is 0.287. The van der Waals surface area contributed by atoms with E-state index in [1.165, 1.54) is 0 Å². The zero-order valence-corrected chi connectivity index (χ0v) is 10.5. The van der Waals surface area contributed by atoms with E-state index in [0.29, 0.717) is 6.61 Å². The van der Waals surface area contributed by atoms with Crippen molar-refractivity contribution in [3.63, 3.8) is 0 Å². The van der Waals surface area contributed by atoms with Crippen molar-refractivity contribution in [1.82, 2.24) is 5.32 Å². The summed E-state index contributed by atoms with van der Waals surface area (Å²) in [6.45, 7) is 8.76. The van der Waals surface area contributed by atoms with Crippen LogP contribution in [0.1, 0.15) is 53.4 Å². The van der Waals surface area contributed by atoms with Gasteiger partial charge in [0, 0.05) is 12.6 Å². The van der Waals surface area contributed by atoms with Crippen LogP contribution in [0.25, 0.3) is 0 Å². The van der Waals surface area contributed by atoms with Crippen LogP contribution < -0.4 is 5.32 Å². The predicted octanol–water partition coefficient (Wildman–Crippen LogP) is 2.50. The molecule has 1 N–H and O–H groups in total. The molecule has 0 heterocycles. The lowest BCUT2D eigenvalue weighted by Crippen LogP contribution is -2.40. The van der Waals surface area contributed by atoms with E-state index in [-0.39, 0.29) is 18.1 Å². The average molecular weight is 215 g/mol. The predicted molar refractivity (Wildman–Crippen MR) is 62.8 cm³/mol. The highest BCUT2D eigenvalue weighted by Gasteiger charge is 2.15. The first-order valence-corrected chi connectivity index (χ1v) is 6.07. The summed E-state index contributed by atoms with van der Waals surface area (Å²) in [5, 5.41) is 2.98. The van der Waals surface area contributed by atoms with Crippen LogP contribution in [-0.4, -0.2) is 24.7 Å². The SMILES string of the molecule is CCCCOC(C)C(=O)NC(CC)CC. The molecule has 90 valence electrons. The van der Waals surface area contributed by atoms with Crippen LogP contribution in [0.5, 0.6) is 0 Å². The molecule has 3 heteroatoms. The van der Waals surface area contributed by atoms with E-state index >= 15 is 0 Å². The molecule has 0 aromatic heterocycles. The number of hydrogen-bond donors (Lipinski definition) is 1. The third kappa shape index (κ3) is 6.50. The van der Waals surface area contributed by atoms with E-state index in [1.54, 1.807) is 0 Å². The summed E-state index contributed by atoms with van der Waals surface area (Å²) in [4.78, 5) is 11.6. The quantitative estimate of drug-likeness (QED) is 0.632. The van der Waals surface area contributed by atoms with E-state index in [9.17, 15) is 4.79 Å². The van der Waals surface area contributed by atoms with Crippen molar-refractivity contribution in [2.45, 2.75) is 65.5 Å². The Hall–Kier alpha value is -0.570. The fourth-order valence-electron chi connectivity index (χ4n) is 1.29. The minimum absolute atomic E-state index is 0.0137. The van der Waals surface area contributed by atoms with Crippen molar-refractivity contribution in [3.8, 4) is 0 Å². The van der Waals surface area contributed by atoms with Crippen molar-refractivity contribution < 1.29 is 9.53 Å². The van der Waals surface area contributed by atoms with Crippen LogP contribution in [0.15, 0.2) is 0 Å². The molecule has 0 aliphatic carbocycles. The largest absolute Gasteiger partial charge is 0.369 e. The normalized spacial score (nSPS) is 12.9. The highest BCUT2D eigenvalue weighted by Crippen LogP contribution is 2.00. The number of ether oxygens (including phenoxy) is 1. The smallest absolute Gasteiger partial charge is 0.249 e. The molecule has 0 rings (SSSR count). The van der Waals surface area contributed by atoms with Gasteiger partial charge < -0.3 is 10.1 Å². The van der Waals surface area contributed by atoms with Crippen LogP contribution in [0.4, 0.5) is 0 Å². The van der Waals surface area contributed by atoms with Crippen LogP contribution in [-0.2, 0) is 9.53 Å². The fraction of sp³-hybridized carbons (Fsp3) is 0.917. The van der Waals surface area contributed by atoms with Gasteiger partial charge in [0.05, 0.1) is 0 Å². The molecular weight excluding hydrogens is 190 g/mol. The molecule has 0 aromatic carbocycles. The highest BCUT2D eigenvalue weighted by molar-refractivity contribution is 5.80. The molecule has 0 saturated heterocycles. The lowest BCUT2D eigenvalue weighted by atomic mass is 10.1. The van der Waals surface area contributed by atoms with Gasteiger partial charge in [-0.05, 0) is 26.2 Å². The third-order valence-corrected chi connectivity index (χ3v) is 2.57. The Morgan fingerprint density at radius 3 is 2.33 bits per heavy atom. The minimum atomic E-state index is -0.322. The number of nitrogens with one attached hydrogen (secondary N) is 1. The molecule has 0 aliphatic rings. The summed E-state index contributed by atoms with van der Waals surface area (Å²) in [7, 11) is 0. The second-order valence-electron chi connectivity index (χ2n) is 3.89. The molecule has 0 bridgehead atoms. The Morgan fingerprint density at radius 1 is 1.27 bits per heavy atom. The number of unbranched alkanes of at least 4 members (excludes halogenated alkanes) is 1. The first-order chi connectivity index (χ1) is 7.15. The second-order valence-corrected chi connectivity index (χ2v) is 3.89. The van der Waals surface area contributed by atoms with Crippen LogP contribution >= 0.6 is 0 Å². The van der Waals surface area contributed by atoms with Gasteiger partial charge in [-0.2, -0.15) is 0 Å². The highest BCUT2D eigenvalue weighted by atomic mass is 16.5. The molecule has 0 spiro atoms. The van der Waals surface area contributed by atoms with Crippen molar-refractivity contribution in [3.05, 3.63) is 0 Å². The number of carbonyl (C=O) groups is 1. The van der Waals surface area contributed by atoms with E-state index in [1.807, 2.05) is 6.92 Å². The first-order valence-electron chi connectivity index (χ1n) is 6.07. The van der Waals surface area contributed by atoms with Gasteiger partial charge in [0.25, 0.3) is 0 Å². The van der Waals surface area contributed by atoms with E-state index in [4.69, 9.17) is 4.74 Å². The molecule has 0 fully saturated rings. The Balaban J connectivity index is 3.77. The zero-order chi connectivity index (χ0) is 11.7.